The first-order valence-electron chi connectivity index (χ1n) is 5.78. The van der Waals surface area contributed by atoms with Crippen LogP contribution in [0.3, 0.4) is 0 Å². The zero-order chi connectivity index (χ0) is 14.5. The van der Waals surface area contributed by atoms with Crippen LogP contribution >= 0.6 is 11.6 Å². The van der Waals surface area contributed by atoms with E-state index in [4.69, 9.17) is 11.6 Å². The molecule has 1 N–H and O–H groups in total. The van der Waals surface area contributed by atoms with Crippen molar-refractivity contribution in [2.24, 2.45) is 0 Å². The van der Waals surface area contributed by atoms with Gasteiger partial charge in [-0.2, -0.15) is 8.78 Å². The largest absolute Gasteiger partial charge is 0.434 e. The number of carbonyl (C=O) groups is 1. The summed E-state index contributed by atoms with van der Waals surface area (Å²) in [7, 11) is 0. The molecule has 0 unspecified atom stereocenters. The average molecular weight is 292 g/mol. The second kappa shape index (κ2) is 6.70. The fourth-order valence-electron chi connectivity index (χ4n) is 1.53. The van der Waals surface area contributed by atoms with Crippen molar-refractivity contribution in [2.45, 2.75) is 32.4 Å². The Morgan fingerprint density at radius 1 is 1.42 bits per heavy atom. The third kappa shape index (κ3) is 5.03. The molecule has 19 heavy (non-hydrogen) atoms. The van der Waals surface area contributed by atoms with Crippen LogP contribution in [0.15, 0.2) is 24.3 Å². The van der Waals surface area contributed by atoms with Gasteiger partial charge in [0, 0.05) is 11.4 Å². The van der Waals surface area contributed by atoms with Crippen LogP contribution in [0.2, 0.25) is 0 Å². The number of alkyl halides is 3. The van der Waals surface area contributed by atoms with Crippen molar-refractivity contribution >= 4 is 17.5 Å². The highest BCUT2D eigenvalue weighted by atomic mass is 35.5. The van der Waals surface area contributed by atoms with Gasteiger partial charge in [-0.05, 0) is 32.4 Å². The van der Waals surface area contributed by atoms with Crippen molar-refractivity contribution in [3.8, 4) is 5.75 Å². The maximum absolute atomic E-state index is 12.3. The molecular formula is C13H16ClF2NO2. The van der Waals surface area contributed by atoms with Crippen molar-refractivity contribution in [3.63, 3.8) is 0 Å². The summed E-state index contributed by atoms with van der Waals surface area (Å²) in [5.41, 5.74) is -0.443. The van der Waals surface area contributed by atoms with Crippen LogP contribution < -0.4 is 10.1 Å². The molecular weight excluding hydrogens is 276 g/mol. The summed E-state index contributed by atoms with van der Waals surface area (Å²) < 4.78 is 28.8. The molecule has 0 spiro atoms. The Morgan fingerprint density at radius 2 is 2.05 bits per heavy atom. The Kier molecular flexibility index (Phi) is 5.54. The molecule has 0 saturated carbocycles. The van der Waals surface area contributed by atoms with Gasteiger partial charge in [-0.1, -0.05) is 12.1 Å². The first kappa shape index (κ1) is 15.7. The highest BCUT2D eigenvalue weighted by molar-refractivity contribution is 6.17. The minimum absolute atomic E-state index is 0.0745. The molecule has 0 aliphatic rings. The standard InChI is InChI=1S/C13H16ClF2NO2/c1-13(2,7-8-14)17-11(18)9-5-3-4-6-10(9)19-12(15)16/h3-6,12H,7-8H2,1-2H3,(H,17,18). The number of para-hydroxylation sites is 1. The lowest BCUT2D eigenvalue weighted by Crippen LogP contribution is -2.43. The van der Waals surface area contributed by atoms with E-state index in [9.17, 15) is 13.6 Å². The van der Waals surface area contributed by atoms with E-state index in [1.54, 1.807) is 6.07 Å². The Morgan fingerprint density at radius 3 is 2.63 bits per heavy atom. The number of nitrogens with one attached hydrogen (secondary N) is 1. The lowest BCUT2D eigenvalue weighted by Gasteiger charge is -2.25. The van der Waals surface area contributed by atoms with Gasteiger partial charge in [-0.15, -0.1) is 11.6 Å². The molecule has 0 heterocycles. The number of rotatable bonds is 6. The lowest BCUT2D eigenvalue weighted by atomic mass is 10.0. The topological polar surface area (TPSA) is 38.3 Å². The maximum atomic E-state index is 12.3. The normalized spacial score (nSPS) is 11.5. The van der Waals surface area contributed by atoms with E-state index < -0.39 is 18.1 Å². The summed E-state index contributed by atoms with van der Waals surface area (Å²) in [5.74, 6) is -0.217. The molecule has 0 bridgehead atoms. The van der Waals surface area contributed by atoms with E-state index in [0.717, 1.165) is 0 Å². The summed E-state index contributed by atoms with van der Waals surface area (Å²) in [4.78, 5) is 12.1. The predicted octanol–water partition coefficient (Wildman–Crippen LogP) is 3.43. The van der Waals surface area contributed by atoms with Crippen molar-refractivity contribution in [3.05, 3.63) is 29.8 Å². The van der Waals surface area contributed by atoms with Crippen molar-refractivity contribution < 1.29 is 18.3 Å². The lowest BCUT2D eigenvalue weighted by molar-refractivity contribution is -0.0501. The summed E-state index contributed by atoms with van der Waals surface area (Å²) in [6.07, 6.45) is 0.568. The minimum atomic E-state index is -2.97. The van der Waals surface area contributed by atoms with Crippen LogP contribution in [0.1, 0.15) is 30.6 Å². The molecule has 0 radical (unpaired) electrons. The van der Waals surface area contributed by atoms with E-state index in [2.05, 4.69) is 10.1 Å². The Labute approximate surface area is 115 Å². The average Bonchev–Trinajstić information content (AvgIpc) is 2.27. The Bertz CT molecular complexity index is 438. The quantitative estimate of drug-likeness (QED) is 0.816. The smallest absolute Gasteiger partial charge is 0.387 e. The number of carbonyl (C=O) groups excluding carboxylic acids is 1. The van der Waals surface area contributed by atoms with E-state index in [1.165, 1.54) is 18.2 Å². The first-order valence-corrected chi connectivity index (χ1v) is 6.31. The minimum Gasteiger partial charge on any atom is -0.434 e. The molecule has 1 rings (SSSR count). The van der Waals surface area contributed by atoms with Gasteiger partial charge in [0.15, 0.2) is 0 Å². The summed E-state index contributed by atoms with van der Waals surface area (Å²) in [5, 5.41) is 2.74. The van der Waals surface area contributed by atoms with Crippen LogP contribution in [0.4, 0.5) is 8.78 Å². The third-order valence-electron chi connectivity index (χ3n) is 2.52. The Hall–Kier alpha value is -1.36. The van der Waals surface area contributed by atoms with E-state index in [1.807, 2.05) is 13.8 Å². The number of amides is 1. The van der Waals surface area contributed by atoms with E-state index in [-0.39, 0.29) is 11.3 Å². The number of halogens is 3. The number of ether oxygens (including phenoxy) is 1. The molecule has 1 aromatic carbocycles. The molecule has 0 aromatic heterocycles. The Balaban J connectivity index is 2.87. The van der Waals surface area contributed by atoms with Crippen molar-refractivity contribution in [1.82, 2.24) is 5.32 Å². The van der Waals surface area contributed by atoms with Gasteiger partial charge in [-0.3, -0.25) is 4.79 Å². The zero-order valence-corrected chi connectivity index (χ0v) is 11.5. The van der Waals surface area contributed by atoms with Gasteiger partial charge in [0.1, 0.15) is 5.75 Å². The second-order valence-corrected chi connectivity index (χ2v) is 5.03. The SMILES string of the molecule is CC(C)(CCCl)NC(=O)c1ccccc1OC(F)F. The molecule has 6 heteroatoms. The van der Waals surface area contributed by atoms with Gasteiger partial charge in [0.25, 0.3) is 5.91 Å². The van der Waals surface area contributed by atoms with Crippen LogP contribution in [-0.4, -0.2) is 23.9 Å². The van der Waals surface area contributed by atoms with Gasteiger partial charge >= 0.3 is 6.61 Å². The zero-order valence-electron chi connectivity index (χ0n) is 10.8. The monoisotopic (exact) mass is 291 g/mol. The fourth-order valence-corrected chi connectivity index (χ4v) is 2.00. The number of benzene rings is 1. The fraction of sp³-hybridized carbons (Fsp3) is 0.462. The highest BCUT2D eigenvalue weighted by Crippen LogP contribution is 2.21. The number of hydrogen-bond donors (Lipinski definition) is 1. The van der Waals surface area contributed by atoms with Crippen molar-refractivity contribution in [2.75, 3.05) is 5.88 Å². The summed E-state index contributed by atoms with van der Waals surface area (Å²) >= 11 is 5.64. The van der Waals surface area contributed by atoms with Crippen LogP contribution in [0, 0.1) is 0 Å². The molecule has 0 aliphatic carbocycles. The second-order valence-electron chi connectivity index (χ2n) is 4.65. The van der Waals surface area contributed by atoms with E-state index in [0.29, 0.717) is 12.3 Å². The molecule has 1 amide bonds. The number of hydrogen-bond acceptors (Lipinski definition) is 2. The van der Waals surface area contributed by atoms with Crippen molar-refractivity contribution in [1.29, 1.82) is 0 Å². The van der Waals surface area contributed by atoms with E-state index >= 15 is 0 Å². The van der Waals surface area contributed by atoms with Gasteiger partial charge in [-0.25, -0.2) is 0 Å². The summed E-state index contributed by atoms with van der Waals surface area (Å²) in [6.45, 7) is 0.651. The molecule has 0 aliphatic heterocycles. The molecule has 0 fully saturated rings. The predicted molar refractivity (Wildman–Crippen MR) is 70.0 cm³/mol. The molecule has 0 atom stereocenters. The van der Waals surface area contributed by atoms with Crippen LogP contribution in [0.5, 0.6) is 5.75 Å². The third-order valence-corrected chi connectivity index (χ3v) is 2.71. The van der Waals surface area contributed by atoms with Crippen LogP contribution in [-0.2, 0) is 0 Å². The van der Waals surface area contributed by atoms with Gasteiger partial charge < -0.3 is 10.1 Å². The van der Waals surface area contributed by atoms with Gasteiger partial charge in [0.05, 0.1) is 5.56 Å². The molecule has 1 aromatic rings. The molecule has 106 valence electrons. The molecule has 3 nitrogen and oxygen atoms in total. The molecule has 0 saturated heterocycles. The summed E-state index contributed by atoms with van der Waals surface area (Å²) in [6, 6.07) is 5.87. The maximum Gasteiger partial charge on any atom is 0.387 e. The highest BCUT2D eigenvalue weighted by Gasteiger charge is 2.23. The van der Waals surface area contributed by atoms with Gasteiger partial charge in [0.2, 0.25) is 0 Å². The first-order chi connectivity index (χ1) is 8.85. The van der Waals surface area contributed by atoms with Crippen LogP contribution in [0.25, 0.3) is 0 Å².